The fourth-order valence-electron chi connectivity index (χ4n) is 3.34. The second-order valence-electron chi connectivity index (χ2n) is 6.34. The van der Waals surface area contributed by atoms with Gasteiger partial charge in [0.25, 0.3) is 0 Å². The third-order valence-corrected chi connectivity index (χ3v) is 4.61. The van der Waals surface area contributed by atoms with E-state index in [0.29, 0.717) is 19.3 Å². The molecule has 0 saturated heterocycles. The molecule has 132 valence electrons. The van der Waals surface area contributed by atoms with Crippen LogP contribution in [-0.2, 0) is 14.3 Å². The minimum absolute atomic E-state index is 0.174. The number of hydrogen-bond acceptors (Lipinski definition) is 5. The van der Waals surface area contributed by atoms with Crippen LogP contribution in [0, 0.1) is 11.8 Å². The lowest BCUT2D eigenvalue weighted by Gasteiger charge is -2.24. The van der Waals surface area contributed by atoms with E-state index in [2.05, 4.69) is 13.5 Å². The Hall–Kier alpha value is -1.20. The second-order valence-corrected chi connectivity index (χ2v) is 6.34. The Morgan fingerprint density at radius 1 is 1.13 bits per heavy atom. The van der Waals surface area contributed by atoms with Gasteiger partial charge in [0.1, 0.15) is 5.78 Å². The van der Waals surface area contributed by atoms with E-state index in [4.69, 9.17) is 4.74 Å². The SMILES string of the molecule is C=C(C(=O)OCC)C1C(O)CC(O)C1CCC(=O)CCCCC. The van der Waals surface area contributed by atoms with E-state index >= 15 is 0 Å². The van der Waals surface area contributed by atoms with Crippen molar-refractivity contribution in [1.29, 1.82) is 0 Å². The van der Waals surface area contributed by atoms with Crippen molar-refractivity contribution in [2.75, 3.05) is 6.61 Å². The van der Waals surface area contributed by atoms with Gasteiger partial charge in [0.05, 0.1) is 18.8 Å². The summed E-state index contributed by atoms with van der Waals surface area (Å²) in [7, 11) is 0. The highest BCUT2D eigenvalue weighted by Gasteiger charge is 2.44. The number of unbranched alkanes of at least 4 members (excludes halogenated alkanes) is 2. The van der Waals surface area contributed by atoms with Gasteiger partial charge >= 0.3 is 5.97 Å². The summed E-state index contributed by atoms with van der Waals surface area (Å²) in [5.41, 5.74) is 0.194. The summed E-state index contributed by atoms with van der Waals surface area (Å²) in [5.74, 6) is -1.22. The molecule has 0 radical (unpaired) electrons. The van der Waals surface area contributed by atoms with Gasteiger partial charge in [-0.1, -0.05) is 26.3 Å². The van der Waals surface area contributed by atoms with Gasteiger partial charge in [-0.05, 0) is 25.7 Å². The molecule has 5 heteroatoms. The van der Waals surface area contributed by atoms with E-state index < -0.39 is 24.1 Å². The quantitative estimate of drug-likeness (QED) is 0.366. The maximum absolute atomic E-state index is 11.9. The second kappa shape index (κ2) is 9.83. The number of hydrogen-bond donors (Lipinski definition) is 2. The number of carbonyl (C=O) groups excluding carboxylic acids is 2. The number of carbonyl (C=O) groups is 2. The van der Waals surface area contributed by atoms with Crippen LogP contribution in [0.2, 0.25) is 0 Å². The summed E-state index contributed by atoms with van der Waals surface area (Å²) in [6.45, 7) is 7.78. The van der Waals surface area contributed by atoms with Gasteiger partial charge in [0, 0.05) is 30.8 Å². The zero-order chi connectivity index (χ0) is 17.4. The molecule has 4 unspecified atom stereocenters. The zero-order valence-corrected chi connectivity index (χ0v) is 14.3. The molecule has 5 nitrogen and oxygen atoms in total. The number of Topliss-reactive ketones (excluding diaryl/α,β-unsaturated/α-hetero) is 1. The Morgan fingerprint density at radius 3 is 2.43 bits per heavy atom. The van der Waals surface area contributed by atoms with Gasteiger partial charge in [-0.25, -0.2) is 4.79 Å². The minimum atomic E-state index is -0.818. The predicted molar refractivity (Wildman–Crippen MR) is 87.8 cm³/mol. The third kappa shape index (κ3) is 5.74. The summed E-state index contributed by atoms with van der Waals surface area (Å²) >= 11 is 0. The molecule has 1 aliphatic carbocycles. The van der Waals surface area contributed by atoms with Crippen LogP contribution < -0.4 is 0 Å². The summed E-state index contributed by atoms with van der Waals surface area (Å²) in [5, 5.41) is 20.3. The summed E-state index contributed by atoms with van der Waals surface area (Å²) in [4.78, 5) is 23.8. The molecular formula is C18H30O5. The van der Waals surface area contributed by atoms with E-state index in [1.807, 2.05) is 0 Å². The standard InChI is InChI=1S/C18H30O5/c1-4-6-7-8-13(19)9-10-14-15(20)11-16(21)17(14)12(3)18(22)23-5-2/h14-17,20-21H,3-11H2,1-2H3. The first kappa shape index (κ1) is 19.8. The highest BCUT2D eigenvalue weighted by molar-refractivity contribution is 5.88. The monoisotopic (exact) mass is 326 g/mol. The first-order valence-electron chi connectivity index (χ1n) is 8.66. The van der Waals surface area contributed by atoms with E-state index in [1.165, 1.54) is 0 Å². The van der Waals surface area contributed by atoms with Crippen molar-refractivity contribution in [3.05, 3.63) is 12.2 Å². The molecule has 1 aliphatic rings. The topological polar surface area (TPSA) is 83.8 Å². The lowest BCUT2D eigenvalue weighted by Crippen LogP contribution is -2.28. The van der Waals surface area contributed by atoms with Crippen molar-refractivity contribution in [2.24, 2.45) is 11.8 Å². The first-order chi connectivity index (χ1) is 10.9. The minimum Gasteiger partial charge on any atom is -0.463 e. The van der Waals surface area contributed by atoms with E-state index in [1.54, 1.807) is 6.92 Å². The third-order valence-electron chi connectivity index (χ3n) is 4.61. The summed E-state index contributed by atoms with van der Waals surface area (Å²) in [6.07, 6.45) is 3.06. The Kier molecular flexibility index (Phi) is 8.48. The van der Waals surface area contributed by atoms with Gasteiger partial charge < -0.3 is 14.9 Å². The maximum atomic E-state index is 11.9. The lowest BCUT2D eigenvalue weighted by atomic mass is 9.83. The number of rotatable bonds is 10. The fourth-order valence-corrected chi connectivity index (χ4v) is 3.34. The molecule has 1 saturated carbocycles. The molecule has 23 heavy (non-hydrogen) atoms. The van der Waals surface area contributed by atoms with Crippen LogP contribution in [-0.4, -0.2) is 40.8 Å². The predicted octanol–water partition coefficient (Wildman–Crippen LogP) is 2.39. The average Bonchev–Trinajstić information content (AvgIpc) is 2.78. The molecular weight excluding hydrogens is 296 g/mol. The number of ketones is 1. The summed E-state index contributed by atoms with van der Waals surface area (Å²) in [6, 6.07) is 0. The molecule has 0 aliphatic heterocycles. The van der Waals surface area contributed by atoms with E-state index in [9.17, 15) is 19.8 Å². The van der Waals surface area contributed by atoms with E-state index in [0.717, 1.165) is 19.3 Å². The van der Waals surface area contributed by atoms with E-state index in [-0.39, 0.29) is 30.3 Å². The van der Waals surface area contributed by atoms with Gasteiger partial charge in [-0.2, -0.15) is 0 Å². The Labute approximate surface area is 138 Å². The molecule has 0 spiro atoms. The van der Waals surface area contributed by atoms with Crippen LogP contribution in [0.4, 0.5) is 0 Å². The van der Waals surface area contributed by atoms with Gasteiger partial charge in [-0.15, -0.1) is 0 Å². The molecule has 0 amide bonds. The highest BCUT2D eigenvalue weighted by atomic mass is 16.5. The van der Waals surface area contributed by atoms with Crippen molar-refractivity contribution in [3.8, 4) is 0 Å². The lowest BCUT2D eigenvalue weighted by molar-refractivity contribution is -0.139. The fraction of sp³-hybridized carbons (Fsp3) is 0.778. The molecule has 2 N–H and O–H groups in total. The van der Waals surface area contributed by atoms with Crippen molar-refractivity contribution in [1.82, 2.24) is 0 Å². The number of aliphatic hydroxyl groups excluding tert-OH is 2. The molecule has 0 aromatic rings. The van der Waals surface area contributed by atoms with Gasteiger partial charge in [-0.3, -0.25) is 4.79 Å². The average molecular weight is 326 g/mol. The van der Waals surface area contributed by atoms with Gasteiger partial charge in [0.2, 0.25) is 0 Å². The van der Waals surface area contributed by atoms with Crippen LogP contribution in [0.5, 0.6) is 0 Å². The van der Waals surface area contributed by atoms with Crippen LogP contribution in [0.25, 0.3) is 0 Å². The normalized spacial score (nSPS) is 27.0. The zero-order valence-electron chi connectivity index (χ0n) is 14.3. The Balaban J connectivity index is 2.61. The van der Waals surface area contributed by atoms with Crippen molar-refractivity contribution in [3.63, 3.8) is 0 Å². The molecule has 0 aromatic carbocycles. The van der Waals surface area contributed by atoms with Crippen LogP contribution in [0.3, 0.4) is 0 Å². The largest absolute Gasteiger partial charge is 0.463 e. The van der Waals surface area contributed by atoms with Gasteiger partial charge in [0.15, 0.2) is 0 Å². The number of esters is 1. The maximum Gasteiger partial charge on any atom is 0.333 e. The summed E-state index contributed by atoms with van der Waals surface area (Å²) < 4.78 is 4.94. The van der Waals surface area contributed by atoms with Crippen molar-refractivity contribution < 1.29 is 24.5 Å². The Bertz CT molecular complexity index is 418. The molecule has 0 bridgehead atoms. The molecule has 1 fully saturated rings. The van der Waals surface area contributed by atoms with Crippen molar-refractivity contribution >= 4 is 11.8 Å². The Morgan fingerprint density at radius 2 is 1.83 bits per heavy atom. The first-order valence-corrected chi connectivity index (χ1v) is 8.66. The van der Waals surface area contributed by atoms with Crippen LogP contribution in [0.15, 0.2) is 12.2 Å². The molecule has 0 heterocycles. The smallest absolute Gasteiger partial charge is 0.333 e. The van der Waals surface area contributed by atoms with Crippen LogP contribution >= 0.6 is 0 Å². The van der Waals surface area contributed by atoms with Crippen molar-refractivity contribution in [2.45, 2.75) is 71.0 Å². The highest BCUT2D eigenvalue weighted by Crippen LogP contribution is 2.40. The number of ether oxygens (including phenoxy) is 1. The molecule has 4 atom stereocenters. The molecule has 0 aromatic heterocycles. The van der Waals surface area contributed by atoms with Crippen LogP contribution in [0.1, 0.15) is 58.8 Å². The number of aliphatic hydroxyl groups is 2. The molecule has 1 rings (SSSR count).